The highest BCUT2D eigenvalue weighted by Crippen LogP contribution is 2.37. The molecule has 0 amide bonds. The Balaban J connectivity index is 0.999. The van der Waals surface area contributed by atoms with Crippen LogP contribution in [0.2, 0.25) is 0 Å². The van der Waals surface area contributed by atoms with Gasteiger partial charge in [-0.3, -0.25) is 15.0 Å². The molecule has 328 valence electrons. The molecule has 0 unspecified atom stereocenters. The first-order valence-electron chi connectivity index (χ1n) is 27.2. The van der Waals surface area contributed by atoms with E-state index in [1.165, 1.54) is 18.3 Å². The van der Waals surface area contributed by atoms with Crippen LogP contribution in [-0.4, -0.2) is 19.9 Å². The predicted octanol–water partition coefficient (Wildman–Crippen LogP) is 15.2. The van der Waals surface area contributed by atoms with Crippen molar-refractivity contribution in [1.29, 1.82) is 0 Å². The predicted molar refractivity (Wildman–Crippen MR) is 278 cm³/mol. The van der Waals surface area contributed by atoms with Gasteiger partial charge in [0.05, 0.1) is 17.1 Å². The molecule has 5 aromatic heterocycles. The first kappa shape index (κ1) is 33.2. The number of aromatic nitrogens is 4. The molecule has 0 aliphatic carbocycles. The zero-order chi connectivity index (χ0) is 53.5. The summed E-state index contributed by atoms with van der Waals surface area (Å²) in [6, 6.07) is 60.1. The maximum Gasteiger partial charge on any atom is 0.227 e. The lowest BCUT2D eigenvalue weighted by atomic mass is 9.92. The van der Waals surface area contributed by atoms with Crippen molar-refractivity contribution in [2.24, 2.45) is 0 Å². The van der Waals surface area contributed by atoms with Crippen molar-refractivity contribution in [2.45, 2.75) is 45.2 Å². The van der Waals surface area contributed by atoms with Crippen molar-refractivity contribution in [1.82, 2.24) is 19.9 Å². The number of hydrogen-bond donors (Lipinski definition) is 0. The number of hydrogen-bond acceptors (Lipinski definition) is 5. The van der Waals surface area contributed by atoms with Gasteiger partial charge in [0.15, 0.2) is 0 Å². The summed E-state index contributed by atoms with van der Waals surface area (Å²) in [5.74, 6) is 0. The summed E-state index contributed by atoms with van der Waals surface area (Å²) in [4.78, 5) is 18.6. The molecule has 11 aromatic rings. The van der Waals surface area contributed by atoms with Crippen molar-refractivity contribution >= 4 is 22.1 Å². The van der Waals surface area contributed by atoms with Crippen molar-refractivity contribution in [3.8, 4) is 56.0 Å². The van der Waals surface area contributed by atoms with E-state index >= 15 is 0 Å². The molecule has 11 rings (SSSR count). The molecule has 0 saturated carbocycles. The first-order chi connectivity index (χ1) is 37.0. The quantitative estimate of drug-likeness (QED) is 0.109. The Labute approximate surface area is 410 Å². The van der Waals surface area contributed by atoms with Gasteiger partial charge in [0, 0.05) is 64.1 Å². The molecule has 5 nitrogen and oxygen atoms in total. The summed E-state index contributed by atoms with van der Waals surface area (Å²) in [6.45, 7) is -2.45. The number of fused-ring (bicyclic) bond motifs is 3. The van der Waals surface area contributed by atoms with Gasteiger partial charge in [0.25, 0.3) is 0 Å². The fraction of sp³-hybridized carbons (Fsp3) is 0.111. The molecule has 0 bridgehead atoms. The molecule has 0 radical (unpaired) electrons. The molecular weight excluding hydrogens is 829 g/mol. The minimum Gasteiger partial charge on any atom is -0.437 e. The van der Waals surface area contributed by atoms with Crippen LogP contribution in [-0.2, 0) is 38.4 Å². The lowest BCUT2D eigenvalue weighted by Gasteiger charge is -2.15. The van der Waals surface area contributed by atoms with Gasteiger partial charge in [0.1, 0.15) is 5.58 Å². The average Bonchev–Trinajstić information content (AvgIpc) is 3.94. The van der Waals surface area contributed by atoms with E-state index in [0.29, 0.717) is 62.7 Å². The third-order valence-corrected chi connectivity index (χ3v) is 12.2. The Hall–Kier alpha value is -8.28. The van der Waals surface area contributed by atoms with Crippen LogP contribution in [0.1, 0.15) is 51.4 Å². The smallest absolute Gasteiger partial charge is 0.227 e. The third-order valence-electron chi connectivity index (χ3n) is 12.2. The lowest BCUT2D eigenvalue weighted by molar-refractivity contribution is 0.653. The van der Waals surface area contributed by atoms with Crippen molar-refractivity contribution in [3.63, 3.8) is 0 Å². The molecule has 0 aliphatic rings. The van der Waals surface area contributed by atoms with Crippen LogP contribution in [0.4, 0.5) is 0 Å². The highest BCUT2D eigenvalue weighted by atomic mass is 16.3. The van der Waals surface area contributed by atoms with E-state index in [1.807, 2.05) is 164 Å². The molecule has 5 heteroatoms. The van der Waals surface area contributed by atoms with E-state index in [-0.39, 0.29) is 34.5 Å². The number of para-hydroxylation sites is 1. The van der Waals surface area contributed by atoms with Crippen LogP contribution in [0.25, 0.3) is 78.1 Å². The Bertz CT molecular complexity index is 3890. The largest absolute Gasteiger partial charge is 0.437 e. The molecule has 0 atom stereocenters. The average molecular weight is 888 g/mol. The number of benzene rings is 6. The topological polar surface area (TPSA) is 64.7 Å². The van der Waals surface area contributed by atoms with Crippen LogP contribution in [0.3, 0.4) is 0 Å². The Morgan fingerprint density at radius 2 is 1.00 bits per heavy atom. The Kier molecular flexibility index (Phi) is 9.42. The fourth-order valence-electron chi connectivity index (χ4n) is 8.60. The van der Waals surface area contributed by atoms with Gasteiger partial charge in [0.2, 0.25) is 5.71 Å². The zero-order valence-corrected chi connectivity index (χ0v) is 37.0. The van der Waals surface area contributed by atoms with Crippen molar-refractivity contribution < 1.29 is 16.8 Å². The SMILES string of the molecule is [2H]C([2H])([2H])c1ccc2c(n1)oc1c(-c3cc(-c4ccc(-c5ccccc5)cc4)c(C([2H])([2H])C([2H])([2H])c4cc(CCc5ccc(-c6ccccc6)nc5)cc(C([2H])([2H])Cc5ccc(-c6ccccc6)nc5)c4)cn3)cccc12. The third kappa shape index (κ3) is 9.38. The maximum atomic E-state index is 9.99. The maximum absolute atomic E-state index is 9.99. The van der Waals surface area contributed by atoms with Gasteiger partial charge in [-0.25, -0.2) is 4.98 Å². The van der Waals surface area contributed by atoms with Gasteiger partial charge in [-0.1, -0.05) is 158 Å². The van der Waals surface area contributed by atoms with Gasteiger partial charge in [-0.05, 0) is 137 Å². The molecule has 6 aromatic carbocycles. The number of nitrogens with zero attached hydrogens (tertiary/aromatic N) is 4. The number of aryl methyl sites for hydroxylation is 7. The summed E-state index contributed by atoms with van der Waals surface area (Å²) < 4.78 is 89.1. The highest BCUT2D eigenvalue weighted by molar-refractivity contribution is 6.08. The number of pyridine rings is 4. The summed E-state index contributed by atoms with van der Waals surface area (Å²) in [6.07, 6.45) is -1.86. The summed E-state index contributed by atoms with van der Waals surface area (Å²) >= 11 is 0. The number of furan rings is 1. The summed E-state index contributed by atoms with van der Waals surface area (Å²) in [7, 11) is 0. The molecular formula is C63H50N4O. The molecule has 0 N–H and O–H groups in total. The second kappa shape index (κ2) is 19.3. The van der Waals surface area contributed by atoms with Crippen LogP contribution in [0.5, 0.6) is 0 Å². The minimum absolute atomic E-state index is 0.0244. The monoisotopic (exact) mass is 887 g/mol. The molecule has 5 heterocycles. The van der Waals surface area contributed by atoms with E-state index in [0.717, 1.165) is 39.2 Å². The van der Waals surface area contributed by atoms with E-state index in [9.17, 15) is 8.22 Å². The summed E-state index contributed by atoms with van der Waals surface area (Å²) in [5.41, 5.74) is 10.2. The van der Waals surface area contributed by atoms with Crippen molar-refractivity contribution in [2.75, 3.05) is 0 Å². The highest BCUT2D eigenvalue weighted by Gasteiger charge is 2.17. The molecule has 0 saturated heterocycles. The second-order valence-corrected chi connectivity index (χ2v) is 16.7. The minimum atomic E-state index is -2.77. The van der Waals surface area contributed by atoms with E-state index in [1.54, 1.807) is 30.5 Å². The lowest BCUT2D eigenvalue weighted by Crippen LogP contribution is -2.01. The van der Waals surface area contributed by atoms with Crippen LogP contribution in [0.15, 0.2) is 217 Å². The van der Waals surface area contributed by atoms with Crippen LogP contribution in [0, 0.1) is 6.85 Å². The van der Waals surface area contributed by atoms with Gasteiger partial charge >= 0.3 is 0 Å². The molecule has 0 fully saturated rings. The Morgan fingerprint density at radius 3 is 1.66 bits per heavy atom. The second-order valence-electron chi connectivity index (χ2n) is 16.7. The van der Waals surface area contributed by atoms with Gasteiger partial charge < -0.3 is 4.42 Å². The fourth-order valence-corrected chi connectivity index (χ4v) is 8.60. The standard InChI is InChI=1S/C63H50N4O/c1-43-20-33-56-55-18-11-19-57(62(55)68-63(56)67-43)61-39-58(51-31-29-50(30-32-51)49-12-5-2-6-13-49)54(42-66-61)28-25-48-37-46(23-21-44-26-34-59(64-40-44)52-14-7-3-8-15-52)36-47(38-48)24-22-45-27-35-60(65-41-45)53-16-9-4-10-17-53/h2-20,26-27,29-42H,21-25,28H2,1H3/i1D3,23D2,25D2,28D2. The van der Waals surface area contributed by atoms with E-state index < -0.39 is 26.0 Å². The van der Waals surface area contributed by atoms with Gasteiger partial charge in [-0.15, -0.1) is 0 Å². The normalized spacial score (nSPS) is 14.1. The van der Waals surface area contributed by atoms with Crippen molar-refractivity contribution in [3.05, 3.63) is 252 Å². The van der Waals surface area contributed by atoms with Gasteiger partial charge in [-0.2, -0.15) is 0 Å². The van der Waals surface area contributed by atoms with Crippen LogP contribution < -0.4 is 0 Å². The summed E-state index contributed by atoms with van der Waals surface area (Å²) in [5, 5.41) is 1.30. The molecule has 0 spiro atoms. The zero-order valence-electron chi connectivity index (χ0n) is 46.0. The van der Waals surface area contributed by atoms with E-state index in [4.69, 9.17) is 18.5 Å². The first-order valence-corrected chi connectivity index (χ1v) is 22.7. The molecule has 0 aliphatic heterocycles. The van der Waals surface area contributed by atoms with Crippen LogP contribution >= 0.6 is 0 Å². The molecule has 68 heavy (non-hydrogen) atoms. The Morgan fingerprint density at radius 1 is 0.412 bits per heavy atom. The van der Waals surface area contributed by atoms with E-state index in [2.05, 4.69) is 9.97 Å². The number of rotatable bonds is 14.